The number of aromatic nitrogens is 2. The molecule has 1 amide bonds. The van der Waals surface area contributed by atoms with Crippen LogP contribution in [0.5, 0.6) is 0 Å². The summed E-state index contributed by atoms with van der Waals surface area (Å²) in [5, 5.41) is 5.89. The molecule has 0 saturated heterocycles. The third kappa shape index (κ3) is 4.44. The molecule has 0 aliphatic carbocycles. The predicted molar refractivity (Wildman–Crippen MR) is 62.9 cm³/mol. The minimum absolute atomic E-state index is 0.0434. The molecule has 1 aromatic rings. The van der Waals surface area contributed by atoms with Crippen LogP contribution in [0, 0.1) is 0 Å². The molecule has 0 aliphatic rings. The number of rotatable bonds is 7. The molecule has 0 atom stereocenters. The van der Waals surface area contributed by atoms with Gasteiger partial charge in [0.2, 0.25) is 5.91 Å². The molecule has 1 rings (SSSR count). The van der Waals surface area contributed by atoms with Gasteiger partial charge in [-0.1, -0.05) is 13.3 Å². The second kappa shape index (κ2) is 7.00. The van der Waals surface area contributed by atoms with E-state index in [4.69, 9.17) is 0 Å². The summed E-state index contributed by atoms with van der Waals surface area (Å²) in [7, 11) is 1.87. The highest BCUT2D eigenvalue weighted by Crippen LogP contribution is 1.95. The number of hydrogen-bond donors (Lipinski definition) is 2. The molecule has 2 N–H and O–H groups in total. The van der Waals surface area contributed by atoms with Crippen LogP contribution in [0.1, 0.15) is 25.5 Å². The monoisotopic (exact) mass is 224 g/mol. The summed E-state index contributed by atoms with van der Waals surface area (Å²) in [5.41, 5.74) is 0.948. The van der Waals surface area contributed by atoms with Gasteiger partial charge in [-0.25, -0.2) is 4.98 Å². The van der Waals surface area contributed by atoms with Crippen LogP contribution in [0.15, 0.2) is 12.5 Å². The highest BCUT2D eigenvalue weighted by molar-refractivity contribution is 5.75. The third-order valence-electron chi connectivity index (χ3n) is 2.22. The average molecular weight is 224 g/mol. The number of nitrogens with zero attached hydrogens (tertiary/aromatic N) is 2. The van der Waals surface area contributed by atoms with Crippen molar-refractivity contribution in [2.24, 2.45) is 0 Å². The van der Waals surface area contributed by atoms with E-state index in [1.807, 2.05) is 13.2 Å². The van der Waals surface area contributed by atoms with Gasteiger partial charge >= 0.3 is 0 Å². The highest BCUT2D eigenvalue weighted by atomic mass is 16.1. The third-order valence-corrected chi connectivity index (χ3v) is 2.22. The molecule has 5 heteroatoms. The van der Waals surface area contributed by atoms with E-state index >= 15 is 0 Å². The van der Waals surface area contributed by atoms with Crippen molar-refractivity contribution in [3.63, 3.8) is 0 Å². The van der Waals surface area contributed by atoms with E-state index in [1.165, 1.54) is 0 Å². The predicted octanol–water partition coefficient (Wildman–Crippen LogP) is 0.519. The molecule has 0 aromatic carbocycles. The van der Waals surface area contributed by atoms with Gasteiger partial charge < -0.3 is 15.2 Å². The summed E-state index contributed by atoms with van der Waals surface area (Å²) in [4.78, 5) is 15.7. The standard InChI is InChI=1S/C11H20N4O/c1-3-4-5-13-11(16)8-15-7-10(6-12-2)14-9-15/h7,9,12H,3-6,8H2,1-2H3,(H,13,16). The summed E-state index contributed by atoms with van der Waals surface area (Å²) in [6.07, 6.45) is 5.69. The SMILES string of the molecule is CCCCNC(=O)Cn1cnc(CNC)c1. The Balaban J connectivity index is 2.31. The zero-order chi connectivity index (χ0) is 11.8. The Labute approximate surface area is 96.3 Å². The van der Waals surface area contributed by atoms with Gasteiger partial charge in [0.15, 0.2) is 0 Å². The minimum atomic E-state index is 0.0434. The summed E-state index contributed by atoms with van der Waals surface area (Å²) < 4.78 is 1.80. The Morgan fingerprint density at radius 2 is 2.38 bits per heavy atom. The van der Waals surface area contributed by atoms with Gasteiger partial charge in [0.25, 0.3) is 0 Å². The number of amides is 1. The average Bonchev–Trinajstić information content (AvgIpc) is 2.66. The fourth-order valence-electron chi connectivity index (χ4n) is 1.39. The molecule has 0 unspecified atom stereocenters. The lowest BCUT2D eigenvalue weighted by atomic mass is 10.3. The van der Waals surface area contributed by atoms with E-state index in [0.717, 1.165) is 31.6 Å². The maximum atomic E-state index is 11.5. The summed E-state index contributed by atoms with van der Waals surface area (Å²) in [6, 6.07) is 0. The maximum absolute atomic E-state index is 11.5. The summed E-state index contributed by atoms with van der Waals surface area (Å²) in [5.74, 6) is 0.0434. The first kappa shape index (κ1) is 12.7. The second-order valence-corrected chi connectivity index (χ2v) is 3.77. The number of carbonyl (C=O) groups is 1. The first-order chi connectivity index (χ1) is 7.76. The van der Waals surface area contributed by atoms with Crippen LogP contribution in [-0.4, -0.2) is 29.1 Å². The lowest BCUT2D eigenvalue weighted by Gasteiger charge is -2.04. The Morgan fingerprint density at radius 1 is 1.56 bits per heavy atom. The molecule has 5 nitrogen and oxygen atoms in total. The quantitative estimate of drug-likeness (QED) is 0.664. The van der Waals surface area contributed by atoms with E-state index in [2.05, 4.69) is 22.5 Å². The molecule has 1 aromatic heterocycles. The fraction of sp³-hybridized carbons (Fsp3) is 0.636. The number of unbranched alkanes of at least 4 members (excludes halogenated alkanes) is 1. The first-order valence-electron chi connectivity index (χ1n) is 5.68. The molecule has 16 heavy (non-hydrogen) atoms. The van der Waals surface area contributed by atoms with Crippen molar-refractivity contribution < 1.29 is 4.79 Å². The lowest BCUT2D eigenvalue weighted by Crippen LogP contribution is -2.27. The normalized spacial score (nSPS) is 10.4. The summed E-state index contributed by atoms with van der Waals surface area (Å²) >= 11 is 0. The molecular formula is C11H20N4O. The Kier molecular flexibility index (Phi) is 5.56. The topological polar surface area (TPSA) is 59.0 Å². The van der Waals surface area contributed by atoms with Crippen LogP contribution in [0.25, 0.3) is 0 Å². The van der Waals surface area contributed by atoms with Crippen molar-refractivity contribution >= 4 is 5.91 Å². The second-order valence-electron chi connectivity index (χ2n) is 3.77. The van der Waals surface area contributed by atoms with Crippen LogP contribution >= 0.6 is 0 Å². The van der Waals surface area contributed by atoms with Gasteiger partial charge in [-0.2, -0.15) is 0 Å². The van der Waals surface area contributed by atoms with E-state index in [9.17, 15) is 4.79 Å². The Bertz CT molecular complexity index is 322. The molecule has 1 heterocycles. The fourth-order valence-corrected chi connectivity index (χ4v) is 1.39. The maximum Gasteiger partial charge on any atom is 0.239 e. The molecule has 0 saturated carbocycles. The van der Waals surface area contributed by atoms with Crippen molar-refractivity contribution in [1.82, 2.24) is 20.2 Å². The lowest BCUT2D eigenvalue weighted by molar-refractivity contribution is -0.121. The van der Waals surface area contributed by atoms with Gasteiger partial charge in [-0.15, -0.1) is 0 Å². The number of carbonyl (C=O) groups excluding carboxylic acids is 1. The Hall–Kier alpha value is -1.36. The largest absolute Gasteiger partial charge is 0.355 e. The minimum Gasteiger partial charge on any atom is -0.355 e. The molecule has 90 valence electrons. The van der Waals surface area contributed by atoms with Crippen molar-refractivity contribution in [3.05, 3.63) is 18.2 Å². The van der Waals surface area contributed by atoms with Crippen molar-refractivity contribution in [2.75, 3.05) is 13.6 Å². The van der Waals surface area contributed by atoms with E-state index in [1.54, 1.807) is 10.9 Å². The van der Waals surface area contributed by atoms with E-state index in [-0.39, 0.29) is 5.91 Å². The van der Waals surface area contributed by atoms with Crippen LogP contribution in [-0.2, 0) is 17.9 Å². The van der Waals surface area contributed by atoms with Gasteiger partial charge in [0, 0.05) is 19.3 Å². The molecule has 0 fully saturated rings. The molecule has 0 spiro atoms. The summed E-state index contributed by atoms with van der Waals surface area (Å²) in [6.45, 7) is 3.93. The molecule has 0 radical (unpaired) electrons. The molecule has 0 bridgehead atoms. The Morgan fingerprint density at radius 3 is 3.06 bits per heavy atom. The van der Waals surface area contributed by atoms with E-state index in [0.29, 0.717) is 6.54 Å². The van der Waals surface area contributed by atoms with E-state index < -0.39 is 0 Å². The molecular weight excluding hydrogens is 204 g/mol. The van der Waals surface area contributed by atoms with Crippen LogP contribution in [0.4, 0.5) is 0 Å². The van der Waals surface area contributed by atoms with Gasteiger partial charge in [-0.05, 0) is 13.5 Å². The highest BCUT2D eigenvalue weighted by Gasteiger charge is 2.03. The van der Waals surface area contributed by atoms with Crippen molar-refractivity contribution in [1.29, 1.82) is 0 Å². The molecule has 0 aliphatic heterocycles. The zero-order valence-corrected chi connectivity index (χ0v) is 9.99. The van der Waals surface area contributed by atoms with Crippen molar-refractivity contribution in [2.45, 2.75) is 32.9 Å². The smallest absolute Gasteiger partial charge is 0.239 e. The number of nitrogens with one attached hydrogen (secondary N) is 2. The van der Waals surface area contributed by atoms with Gasteiger partial charge in [-0.3, -0.25) is 4.79 Å². The van der Waals surface area contributed by atoms with Gasteiger partial charge in [0.1, 0.15) is 6.54 Å². The van der Waals surface area contributed by atoms with Crippen molar-refractivity contribution in [3.8, 4) is 0 Å². The number of imidazole rings is 1. The zero-order valence-electron chi connectivity index (χ0n) is 9.99. The first-order valence-corrected chi connectivity index (χ1v) is 5.68. The van der Waals surface area contributed by atoms with Gasteiger partial charge in [0.05, 0.1) is 12.0 Å². The number of hydrogen-bond acceptors (Lipinski definition) is 3. The van der Waals surface area contributed by atoms with Crippen LogP contribution < -0.4 is 10.6 Å². The van der Waals surface area contributed by atoms with Crippen LogP contribution in [0.2, 0.25) is 0 Å². The van der Waals surface area contributed by atoms with Crippen LogP contribution in [0.3, 0.4) is 0 Å².